The van der Waals surface area contributed by atoms with Gasteiger partial charge in [-0.25, -0.2) is 8.78 Å². The number of benzene rings is 2. The summed E-state index contributed by atoms with van der Waals surface area (Å²) >= 11 is 0. The van der Waals surface area contributed by atoms with Crippen LogP contribution in [0.3, 0.4) is 0 Å². The van der Waals surface area contributed by atoms with Crippen molar-refractivity contribution in [2.45, 2.75) is 44.8 Å². The molecule has 132 valence electrons. The Kier molecular flexibility index (Phi) is 5.43. The van der Waals surface area contributed by atoms with E-state index in [1.807, 2.05) is 12.1 Å². The summed E-state index contributed by atoms with van der Waals surface area (Å²) in [4.78, 5) is 14.6. The number of nitrogens with two attached hydrogens (primary N) is 1. The summed E-state index contributed by atoms with van der Waals surface area (Å²) in [7, 11) is 0. The van der Waals surface area contributed by atoms with Gasteiger partial charge in [-0.2, -0.15) is 0 Å². The summed E-state index contributed by atoms with van der Waals surface area (Å²) in [5, 5.41) is 0. The summed E-state index contributed by atoms with van der Waals surface area (Å²) in [6.45, 7) is 0.349. The number of carbonyl (C=O) groups excluding carboxylic acids is 1. The van der Waals surface area contributed by atoms with E-state index in [9.17, 15) is 13.6 Å². The van der Waals surface area contributed by atoms with Crippen molar-refractivity contribution in [2.75, 3.05) is 0 Å². The number of amides is 1. The highest BCUT2D eigenvalue weighted by atomic mass is 19.1. The minimum Gasteiger partial charge on any atom is -0.331 e. The van der Waals surface area contributed by atoms with Gasteiger partial charge in [0.2, 0.25) is 0 Å². The van der Waals surface area contributed by atoms with Crippen LogP contribution in [0.1, 0.15) is 47.2 Å². The molecule has 2 N–H and O–H groups in total. The molecular formula is C20H22F2N2O. The molecule has 2 aromatic rings. The fourth-order valence-electron chi connectivity index (χ4n) is 3.39. The zero-order chi connectivity index (χ0) is 17.8. The van der Waals surface area contributed by atoms with Crippen LogP contribution in [0.15, 0.2) is 42.5 Å². The predicted molar refractivity (Wildman–Crippen MR) is 92.8 cm³/mol. The highest BCUT2D eigenvalue weighted by molar-refractivity contribution is 5.94. The molecule has 3 nitrogen and oxygen atoms in total. The van der Waals surface area contributed by atoms with E-state index >= 15 is 0 Å². The molecule has 0 spiro atoms. The fraction of sp³-hybridized carbons (Fsp3) is 0.350. The third-order valence-electron chi connectivity index (χ3n) is 4.85. The normalized spacial score (nSPS) is 14.7. The van der Waals surface area contributed by atoms with Crippen molar-refractivity contribution < 1.29 is 13.6 Å². The first-order valence-corrected chi connectivity index (χ1v) is 8.63. The molecule has 0 unspecified atom stereocenters. The first-order chi connectivity index (χ1) is 12.1. The van der Waals surface area contributed by atoms with Crippen LogP contribution in [0.5, 0.6) is 0 Å². The Morgan fingerprint density at radius 2 is 1.64 bits per heavy atom. The van der Waals surface area contributed by atoms with Gasteiger partial charge < -0.3 is 10.6 Å². The van der Waals surface area contributed by atoms with Crippen LogP contribution in [-0.2, 0) is 13.1 Å². The van der Waals surface area contributed by atoms with Crippen molar-refractivity contribution in [1.29, 1.82) is 0 Å². The number of carbonyl (C=O) groups is 1. The lowest BCUT2D eigenvalue weighted by atomic mass is 10.1. The number of rotatable bonds is 5. The van der Waals surface area contributed by atoms with Gasteiger partial charge in [-0.3, -0.25) is 4.79 Å². The average molecular weight is 344 g/mol. The Labute approximate surface area is 146 Å². The van der Waals surface area contributed by atoms with Gasteiger partial charge in [0.1, 0.15) is 11.6 Å². The molecule has 25 heavy (non-hydrogen) atoms. The van der Waals surface area contributed by atoms with Crippen molar-refractivity contribution in [2.24, 2.45) is 5.73 Å². The second-order valence-corrected chi connectivity index (χ2v) is 6.47. The Bertz CT molecular complexity index is 720. The molecule has 1 aliphatic carbocycles. The number of halogens is 2. The van der Waals surface area contributed by atoms with Crippen LogP contribution < -0.4 is 5.73 Å². The second kappa shape index (κ2) is 7.74. The third kappa shape index (κ3) is 3.87. The van der Waals surface area contributed by atoms with E-state index in [0.29, 0.717) is 12.1 Å². The number of hydrogen-bond acceptors (Lipinski definition) is 2. The molecule has 0 radical (unpaired) electrons. The molecule has 1 saturated carbocycles. The maximum atomic E-state index is 14.1. The molecule has 1 fully saturated rings. The van der Waals surface area contributed by atoms with E-state index < -0.39 is 11.6 Å². The summed E-state index contributed by atoms with van der Waals surface area (Å²) in [6.07, 6.45) is 3.78. The van der Waals surface area contributed by atoms with Crippen molar-refractivity contribution >= 4 is 5.91 Å². The van der Waals surface area contributed by atoms with Crippen LogP contribution in [0, 0.1) is 11.6 Å². The van der Waals surface area contributed by atoms with E-state index in [1.165, 1.54) is 18.2 Å². The van der Waals surface area contributed by atoms with Crippen molar-refractivity contribution in [3.8, 4) is 0 Å². The SMILES string of the molecule is NCc1ccc(C(=O)N(Cc2c(F)cccc2F)C2CCCC2)cc1. The van der Waals surface area contributed by atoms with E-state index in [4.69, 9.17) is 5.73 Å². The Hall–Kier alpha value is -2.27. The Balaban J connectivity index is 1.90. The average Bonchev–Trinajstić information content (AvgIpc) is 3.15. The molecule has 0 aliphatic heterocycles. The van der Waals surface area contributed by atoms with E-state index in [2.05, 4.69) is 0 Å². The van der Waals surface area contributed by atoms with Crippen molar-refractivity contribution in [3.05, 3.63) is 70.8 Å². The molecular weight excluding hydrogens is 322 g/mol. The lowest BCUT2D eigenvalue weighted by Gasteiger charge is -2.29. The lowest BCUT2D eigenvalue weighted by Crippen LogP contribution is -2.38. The zero-order valence-electron chi connectivity index (χ0n) is 14.1. The Morgan fingerprint density at radius 1 is 1.04 bits per heavy atom. The van der Waals surface area contributed by atoms with Gasteiger partial charge in [0.15, 0.2) is 0 Å². The highest BCUT2D eigenvalue weighted by Gasteiger charge is 2.29. The van der Waals surface area contributed by atoms with Crippen LogP contribution in [0.2, 0.25) is 0 Å². The van der Waals surface area contributed by atoms with Crippen LogP contribution in [-0.4, -0.2) is 16.8 Å². The molecule has 1 amide bonds. The van der Waals surface area contributed by atoms with Gasteiger partial charge in [-0.05, 0) is 42.7 Å². The second-order valence-electron chi connectivity index (χ2n) is 6.47. The van der Waals surface area contributed by atoms with Crippen LogP contribution in [0.25, 0.3) is 0 Å². The van der Waals surface area contributed by atoms with Crippen molar-refractivity contribution in [3.63, 3.8) is 0 Å². The molecule has 0 bridgehead atoms. The maximum Gasteiger partial charge on any atom is 0.254 e. The minimum absolute atomic E-state index is 0.0145. The molecule has 1 aliphatic rings. The van der Waals surface area contributed by atoms with Gasteiger partial charge in [0.25, 0.3) is 5.91 Å². The van der Waals surface area contributed by atoms with Gasteiger partial charge in [0, 0.05) is 23.7 Å². The van der Waals surface area contributed by atoms with E-state index in [-0.39, 0.29) is 24.1 Å². The molecule has 0 atom stereocenters. The van der Waals surface area contributed by atoms with Gasteiger partial charge >= 0.3 is 0 Å². The molecule has 3 rings (SSSR count). The quantitative estimate of drug-likeness (QED) is 0.891. The Morgan fingerprint density at radius 3 is 2.20 bits per heavy atom. The molecule has 0 aromatic heterocycles. The molecule has 0 heterocycles. The first-order valence-electron chi connectivity index (χ1n) is 8.63. The van der Waals surface area contributed by atoms with Crippen LogP contribution >= 0.6 is 0 Å². The van der Waals surface area contributed by atoms with Crippen LogP contribution in [0.4, 0.5) is 8.78 Å². The zero-order valence-corrected chi connectivity index (χ0v) is 14.1. The minimum atomic E-state index is -0.616. The maximum absolute atomic E-state index is 14.1. The number of nitrogens with zero attached hydrogens (tertiary/aromatic N) is 1. The van der Waals surface area contributed by atoms with E-state index in [0.717, 1.165) is 31.2 Å². The van der Waals surface area contributed by atoms with Gasteiger partial charge in [0.05, 0.1) is 6.54 Å². The lowest BCUT2D eigenvalue weighted by molar-refractivity contribution is 0.0660. The van der Waals surface area contributed by atoms with Gasteiger partial charge in [-0.1, -0.05) is 31.0 Å². The largest absolute Gasteiger partial charge is 0.331 e. The standard InChI is InChI=1S/C20H22F2N2O/c21-18-6-3-7-19(22)17(18)13-24(16-4-1-2-5-16)20(25)15-10-8-14(12-23)9-11-15/h3,6-11,16H,1-2,4-5,12-13,23H2. The fourth-order valence-corrected chi connectivity index (χ4v) is 3.39. The summed E-state index contributed by atoms with van der Waals surface area (Å²) in [6, 6.07) is 10.9. The predicted octanol–water partition coefficient (Wildman–Crippen LogP) is 4.01. The smallest absolute Gasteiger partial charge is 0.254 e. The topological polar surface area (TPSA) is 46.3 Å². The molecule has 0 saturated heterocycles. The molecule has 5 heteroatoms. The summed E-state index contributed by atoms with van der Waals surface area (Å²) in [5.41, 5.74) is 6.99. The van der Waals surface area contributed by atoms with Crippen molar-refractivity contribution in [1.82, 2.24) is 4.90 Å². The monoisotopic (exact) mass is 344 g/mol. The summed E-state index contributed by atoms with van der Waals surface area (Å²) in [5.74, 6) is -1.43. The summed E-state index contributed by atoms with van der Waals surface area (Å²) < 4.78 is 28.1. The molecule has 2 aromatic carbocycles. The third-order valence-corrected chi connectivity index (χ3v) is 4.85. The first kappa shape index (κ1) is 17.5. The van der Waals surface area contributed by atoms with Gasteiger partial charge in [-0.15, -0.1) is 0 Å². The highest BCUT2D eigenvalue weighted by Crippen LogP contribution is 2.28. The number of hydrogen-bond donors (Lipinski definition) is 1. The van der Waals surface area contributed by atoms with E-state index in [1.54, 1.807) is 17.0 Å².